The molecule has 1 radical (unpaired) electrons. The average Bonchev–Trinajstić information content (AvgIpc) is 2.29. The summed E-state index contributed by atoms with van der Waals surface area (Å²) in [7, 11) is 0. The zero-order valence-electron chi connectivity index (χ0n) is 11.0. The SMILES string of the molecule is Cc1ccc(C2=CC(CC(C)C)=CC[CH]2)cc1. The highest BCUT2D eigenvalue weighted by molar-refractivity contribution is 5.75. The minimum Gasteiger partial charge on any atom is -0.0807 e. The summed E-state index contributed by atoms with van der Waals surface area (Å²) in [5, 5.41) is 0. The summed E-state index contributed by atoms with van der Waals surface area (Å²) in [6.45, 7) is 6.68. The van der Waals surface area contributed by atoms with E-state index in [4.69, 9.17) is 0 Å². The van der Waals surface area contributed by atoms with Crippen molar-refractivity contribution in [2.45, 2.75) is 33.6 Å². The monoisotopic (exact) mass is 225 g/mol. The average molecular weight is 225 g/mol. The lowest BCUT2D eigenvalue weighted by Crippen LogP contribution is -1.97. The molecular weight excluding hydrogens is 204 g/mol. The maximum absolute atomic E-state index is 2.34. The minimum absolute atomic E-state index is 0.731. The van der Waals surface area contributed by atoms with Gasteiger partial charge in [0, 0.05) is 0 Å². The normalized spacial score (nSPS) is 15.8. The van der Waals surface area contributed by atoms with Gasteiger partial charge in [0.15, 0.2) is 0 Å². The molecule has 1 aromatic carbocycles. The van der Waals surface area contributed by atoms with Crippen molar-refractivity contribution in [3.05, 3.63) is 59.5 Å². The largest absolute Gasteiger partial charge is 0.0807 e. The van der Waals surface area contributed by atoms with E-state index >= 15 is 0 Å². The molecule has 0 N–H and O–H groups in total. The van der Waals surface area contributed by atoms with Crippen molar-refractivity contribution in [3.63, 3.8) is 0 Å². The van der Waals surface area contributed by atoms with E-state index in [1.165, 1.54) is 28.7 Å². The minimum atomic E-state index is 0.731. The molecule has 0 heteroatoms. The first-order valence-corrected chi connectivity index (χ1v) is 6.46. The molecule has 0 atom stereocenters. The van der Waals surface area contributed by atoms with Gasteiger partial charge in [-0.3, -0.25) is 0 Å². The Hall–Kier alpha value is -1.30. The quantitative estimate of drug-likeness (QED) is 0.682. The predicted octanol–water partition coefficient (Wildman–Crippen LogP) is 4.96. The van der Waals surface area contributed by atoms with E-state index in [-0.39, 0.29) is 0 Å². The van der Waals surface area contributed by atoms with Crippen molar-refractivity contribution in [2.75, 3.05) is 0 Å². The zero-order chi connectivity index (χ0) is 12.3. The van der Waals surface area contributed by atoms with Crippen molar-refractivity contribution in [1.29, 1.82) is 0 Å². The van der Waals surface area contributed by atoms with Gasteiger partial charge in [0.2, 0.25) is 0 Å². The predicted molar refractivity (Wildman–Crippen MR) is 75.6 cm³/mol. The molecule has 0 unspecified atom stereocenters. The molecule has 0 heterocycles. The van der Waals surface area contributed by atoms with E-state index in [1.807, 2.05) is 0 Å². The lowest BCUT2D eigenvalue weighted by atomic mass is 9.90. The molecule has 0 fully saturated rings. The van der Waals surface area contributed by atoms with Gasteiger partial charge in [-0.05, 0) is 43.2 Å². The molecule has 0 aromatic heterocycles. The van der Waals surface area contributed by atoms with Crippen LogP contribution in [0.1, 0.15) is 37.8 Å². The smallest absolute Gasteiger partial charge is 0.00491 e. The summed E-state index contributed by atoms with van der Waals surface area (Å²) in [5.74, 6) is 0.731. The van der Waals surface area contributed by atoms with Crippen molar-refractivity contribution >= 4 is 5.57 Å². The number of allylic oxidation sites excluding steroid dienone is 4. The van der Waals surface area contributed by atoms with Crippen LogP contribution in [-0.4, -0.2) is 0 Å². The van der Waals surface area contributed by atoms with Crippen LogP contribution >= 0.6 is 0 Å². The van der Waals surface area contributed by atoms with E-state index in [0.29, 0.717) is 0 Å². The number of rotatable bonds is 3. The van der Waals surface area contributed by atoms with Gasteiger partial charge in [0.05, 0.1) is 0 Å². The van der Waals surface area contributed by atoms with Crippen LogP contribution in [0.4, 0.5) is 0 Å². The number of hydrogen-bond acceptors (Lipinski definition) is 0. The third-order valence-electron chi connectivity index (χ3n) is 3.09. The van der Waals surface area contributed by atoms with Crippen LogP contribution in [0.25, 0.3) is 5.57 Å². The van der Waals surface area contributed by atoms with Crippen LogP contribution in [0.15, 0.2) is 42.0 Å². The molecule has 1 aliphatic carbocycles. The fourth-order valence-electron chi connectivity index (χ4n) is 2.22. The Balaban J connectivity index is 2.18. The summed E-state index contributed by atoms with van der Waals surface area (Å²) >= 11 is 0. The van der Waals surface area contributed by atoms with Crippen LogP contribution in [-0.2, 0) is 0 Å². The highest BCUT2D eigenvalue weighted by Crippen LogP contribution is 2.28. The standard InChI is InChI=1S/C17H21/c1-13(2)11-15-5-4-6-17(12-15)16-9-7-14(3)8-10-16/h5-10,12-13H,4,11H2,1-3H3. The van der Waals surface area contributed by atoms with Gasteiger partial charge in [0.25, 0.3) is 0 Å². The molecule has 0 bridgehead atoms. The third kappa shape index (κ3) is 3.33. The van der Waals surface area contributed by atoms with Crippen molar-refractivity contribution < 1.29 is 0 Å². The molecule has 0 saturated carbocycles. The van der Waals surface area contributed by atoms with Gasteiger partial charge in [-0.1, -0.05) is 61.4 Å². The zero-order valence-corrected chi connectivity index (χ0v) is 11.0. The van der Waals surface area contributed by atoms with Gasteiger partial charge in [0.1, 0.15) is 0 Å². The van der Waals surface area contributed by atoms with Crippen LogP contribution < -0.4 is 0 Å². The molecule has 0 aliphatic heterocycles. The fraction of sp³-hybridized carbons (Fsp3) is 0.353. The molecule has 0 nitrogen and oxygen atoms in total. The van der Waals surface area contributed by atoms with E-state index in [0.717, 1.165) is 12.3 Å². The lowest BCUT2D eigenvalue weighted by Gasteiger charge is -2.15. The van der Waals surface area contributed by atoms with Crippen LogP contribution in [0.2, 0.25) is 0 Å². The second kappa shape index (κ2) is 5.35. The number of benzene rings is 1. The van der Waals surface area contributed by atoms with Gasteiger partial charge in [-0.15, -0.1) is 0 Å². The van der Waals surface area contributed by atoms with Gasteiger partial charge >= 0.3 is 0 Å². The maximum Gasteiger partial charge on any atom is -0.00491 e. The molecule has 17 heavy (non-hydrogen) atoms. The summed E-state index contributed by atoms with van der Waals surface area (Å²) in [4.78, 5) is 0. The second-order valence-corrected chi connectivity index (χ2v) is 5.28. The lowest BCUT2D eigenvalue weighted by molar-refractivity contribution is 0.648. The summed E-state index contributed by atoms with van der Waals surface area (Å²) in [6, 6.07) is 8.81. The number of aryl methyl sites for hydroxylation is 1. The second-order valence-electron chi connectivity index (χ2n) is 5.28. The Morgan fingerprint density at radius 3 is 2.47 bits per heavy atom. The third-order valence-corrected chi connectivity index (χ3v) is 3.09. The molecule has 1 aliphatic rings. The van der Waals surface area contributed by atoms with E-state index in [9.17, 15) is 0 Å². The first kappa shape index (κ1) is 12.2. The molecule has 0 saturated heterocycles. The molecule has 89 valence electrons. The maximum atomic E-state index is 2.34. The van der Waals surface area contributed by atoms with Gasteiger partial charge < -0.3 is 0 Å². The molecular formula is C17H21. The van der Waals surface area contributed by atoms with E-state index in [1.54, 1.807) is 0 Å². The molecule has 2 rings (SSSR count). The van der Waals surface area contributed by atoms with Crippen LogP contribution in [0, 0.1) is 19.3 Å². The topological polar surface area (TPSA) is 0 Å². The molecule has 1 aromatic rings. The van der Waals surface area contributed by atoms with Gasteiger partial charge in [-0.2, -0.15) is 0 Å². The first-order chi connectivity index (χ1) is 8.15. The van der Waals surface area contributed by atoms with E-state index < -0.39 is 0 Å². The summed E-state index contributed by atoms with van der Waals surface area (Å²) in [5.41, 5.74) is 5.52. The molecule has 0 spiro atoms. The highest BCUT2D eigenvalue weighted by Gasteiger charge is 2.08. The summed E-state index contributed by atoms with van der Waals surface area (Å²) < 4.78 is 0. The Morgan fingerprint density at radius 1 is 1.12 bits per heavy atom. The summed E-state index contributed by atoms with van der Waals surface area (Å²) in [6.07, 6.45) is 9.26. The van der Waals surface area contributed by atoms with E-state index in [2.05, 4.69) is 63.6 Å². The molecule has 0 amide bonds. The fourth-order valence-corrected chi connectivity index (χ4v) is 2.22. The number of hydrogen-bond donors (Lipinski definition) is 0. The van der Waals surface area contributed by atoms with Crippen LogP contribution in [0.5, 0.6) is 0 Å². The van der Waals surface area contributed by atoms with Crippen molar-refractivity contribution in [1.82, 2.24) is 0 Å². The highest BCUT2D eigenvalue weighted by atomic mass is 14.1. The van der Waals surface area contributed by atoms with Gasteiger partial charge in [-0.25, -0.2) is 0 Å². The Kier molecular flexibility index (Phi) is 3.83. The van der Waals surface area contributed by atoms with Crippen molar-refractivity contribution in [2.24, 2.45) is 5.92 Å². The van der Waals surface area contributed by atoms with Crippen LogP contribution in [0.3, 0.4) is 0 Å². The Labute approximate surface area is 105 Å². The van der Waals surface area contributed by atoms with Crippen molar-refractivity contribution in [3.8, 4) is 0 Å². The Bertz CT molecular complexity index is 430. The first-order valence-electron chi connectivity index (χ1n) is 6.46. The Morgan fingerprint density at radius 2 is 1.82 bits per heavy atom.